The standard InChI is InChI=1S/C13H18FNO3/c1-13(9-17-2,12(16)18-3)15-8-10-4-6-11(14)7-5-10/h4-7,15H,8-9H2,1-3H3/t13-/m0/s1. The molecule has 0 amide bonds. The lowest BCUT2D eigenvalue weighted by molar-refractivity contribution is -0.150. The molecule has 1 N–H and O–H groups in total. The van der Waals surface area contributed by atoms with Crippen LogP contribution in [0.2, 0.25) is 0 Å². The second-order valence-electron chi connectivity index (χ2n) is 4.24. The number of benzene rings is 1. The molecule has 0 saturated heterocycles. The van der Waals surface area contributed by atoms with E-state index in [4.69, 9.17) is 9.47 Å². The van der Waals surface area contributed by atoms with E-state index >= 15 is 0 Å². The molecule has 0 saturated carbocycles. The van der Waals surface area contributed by atoms with E-state index < -0.39 is 11.5 Å². The quantitative estimate of drug-likeness (QED) is 0.782. The molecule has 1 aromatic rings. The van der Waals surface area contributed by atoms with Crippen LogP contribution in [0, 0.1) is 5.82 Å². The first-order chi connectivity index (χ1) is 8.51. The topological polar surface area (TPSA) is 47.6 Å². The third kappa shape index (κ3) is 3.78. The fourth-order valence-electron chi connectivity index (χ4n) is 1.60. The molecule has 0 fully saturated rings. The molecule has 4 nitrogen and oxygen atoms in total. The number of rotatable bonds is 6. The highest BCUT2D eigenvalue weighted by Crippen LogP contribution is 2.10. The Morgan fingerprint density at radius 3 is 2.44 bits per heavy atom. The van der Waals surface area contributed by atoms with Crippen LogP contribution in [0.4, 0.5) is 4.39 Å². The molecule has 0 radical (unpaired) electrons. The van der Waals surface area contributed by atoms with Gasteiger partial charge in [-0.1, -0.05) is 12.1 Å². The van der Waals surface area contributed by atoms with E-state index in [0.717, 1.165) is 5.56 Å². The smallest absolute Gasteiger partial charge is 0.328 e. The van der Waals surface area contributed by atoms with Crippen LogP contribution in [0.1, 0.15) is 12.5 Å². The number of esters is 1. The van der Waals surface area contributed by atoms with Crippen LogP contribution in [-0.2, 0) is 20.8 Å². The van der Waals surface area contributed by atoms with Crippen molar-refractivity contribution in [3.8, 4) is 0 Å². The van der Waals surface area contributed by atoms with Crippen molar-refractivity contribution in [2.24, 2.45) is 0 Å². The minimum absolute atomic E-state index is 0.195. The van der Waals surface area contributed by atoms with Gasteiger partial charge in [0.1, 0.15) is 11.4 Å². The Labute approximate surface area is 106 Å². The van der Waals surface area contributed by atoms with Crippen LogP contribution in [0.3, 0.4) is 0 Å². The van der Waals surface area contributed by atoms with E-state index in [1.807, 2.05) is 0 Å². The van der Waals surface area contributed by atoms with Crippen molar-refractivity contribution < 1.29 is 18.7 Å². The SMILES string of the molecule is COC[C@](C)(NCc1ccc(F)cc1)C(=O)OC. The third-order valence-electron chi connectivity index (χ3n) is 2.66. The summed E-state index contributed by atoms with van der Waals surface area (Å²) in [5.41, 5.74) is -0.0413. The number of halogens is 1. The van der Waals surface area contributed by atoms with Crippen LogP contribution in [0.25, 0.3) is 0 Å². The van der Waals surface area contributed by atoms with Crippen molar-refractivity contribution in [1.82, 2.24) is 5.32 Å². The van der Waals surface area contributed by atoms with Crippen LogP contribution < -0.4 is 5.32 Å². The fourth-order valence-corrected chi connectivity index (χ4v) is 1.60. The van der Waals surface area contributed by atoms with Crippen molar-refractivity contribution in [3.63, 3.8) is 0 Å². The Morgan fingerprint density at radius 1 is 1.33 bits per heavy atom. The summed E-state index contributed by atoms with van der Waals surface area (Å²) in [5.74, 6) is -0.683. The molecule has 0 aliphatic heterocycles. The van der Waals surface area contributed by atoms with Crippen LogP contribution >= 0.6 is 0 Å². The Balaban J connectivity index is 2.67. The van der Waals surface area contributed by atoms with Gasteiger partial charge in [-0.2, -0.15) is 0 Å². The van der Waals surface area contributed by atoms with Crippen LogP contribution in [0.15, 0.2) is 24.3 Å². The van der Waals surface area contributed by atoms with Gasteiger partial charge >= 0.3 is 5.97 Å². The maximum absolute atomic E-state index is 12.7. The summed E-state index contributed by atoms with van der Waals surface area (Å²) in [5, 5.41) is 3.06. The Hall–Kier alpha value is -1.46. The summed E-state index contributed by atoms with van der Waals surface area (Å²) in [6.07, 6.45) is 0. The molecule has 0 aliphatic rings. The second kappa shape index (κ2) is 6.47. The third-order valence-corrected chi connectivity index (χ3v) is 2.66. The summed E-state index contributed by atoms with van der Waals surface area (Å²) < 4.78 is 22.5. The number of nitrogens with one attached hydrogen (secondary N) is 1. The molecular formula is C13H18FNO3. The van der Waals surface area contributed by atoms with Gasteiger partial charge in [0.2, 0.25) is 0 Å². The maximum Gasteiger partial charge on any atom is 0.328 e. The molecule has 0 aliphatic carbocycles. The number of carbonyl (C=O) groups is 1. The predicted molar refractivity (Wildman–Crippen MR) is 65.5 cm³/mol. The van der Waals surface area contributed by atoms with Gasteiger partial charge in [-0.25, -0.2) is 9.18 Å². The molecule has 100 valence electrons. The summed E-state index contributed by atoms with van der Waals surface area (Å²) >= 11 is 0. The molecule has 0 aromatic heterocycles. The number of hydrogen-bond donors (Lipinski definition) is 1. The average Bonchev–Trinajstić information content (AvgIpc) is 2.37. The van der Waals surface area contributed by atoms with Gasteiger partial charge in [-0.05, 0) is 24.6 Å². The Morgan fingerprint density at radius 2 is 1.94 bits per heavy atom. The van der Waals surface area contributed by atoms with Gasteiger partial charge < -0.3 is 9.47 Å². The summed E-state index contributed by atoms with van der Waals surface area (Å²) in [4.78, 5) is 11.7. The van der Waals surface area contributed by atoms with Gasteiger partial charge in [0.15, 0.2) is 0 Å². The molecule has 1 aromatic carbocycles. The van der Waals surface area contributed by atoms with Crippen molar-refractivity contribution in [2.75, 3.05) is 20.8 Å². The second-order valence-corrected chi connectivity index (χ2v) is 4.24. The van der Waals surface area contributed by atoms with Crippen molar-refractivity contribution >= 4 is 5.97 Å². The molecule has 0 spiro atoms. The van der Waals surface area contributed by atoms with Crippen molar-refractivity contribution in [2.45, 2.75) is 19.0 Å². The Kier molecular flexibility index (Phi) is 5.25. The normalized spacial score (nSPS) is 14.0. The Bertz CT molecular complexity index is 394. The summed E-state index contributed by atoms with van der Waals surface area (Å²) in [6.45, 7) is 2.32. The van der Waals surface area contributed by atoms with E-state index in [9.17, 15) is 9.18 Å². The van der Waals surface area contributed by atoms with Crippen LogP contribution in [-0.4, -0.2) is 32.3 Å². The van der Waals surface area contributed by atoms with Gasteiger partial charge in [0, 0.05) is 13.7 Å². The van der Waals surface area contributed by atoms with E-state index in [0.29, 0.717) is 6.54 Å². The highest BCUT2D eigenvalue weighted by atomic mass is 19.1. The molecule has 18 heavy (non-hydrogen) atoms. The molecular weight excluding hydrogens is 237 g/mol. The van der Waals surface area contributed by atoms with Gasteiger partial charge in [0.05, 0.1) is 13.7 Å². The number of methoxy groups -OCH3 is 2. The molecule has 0 unspecified atom stereocenters. The van der Waals surface area contributed by atoms with E-state index in [-0.39, 0.29) is 12.4 Å². The van der Waals surface area contributed by atoms with Gasteiger partial charge in [0.25, 0.3) is 0 Å². The zero-order chi connectivity index (χ0) is 13.6. The zero-order valence-corrected chi connectivity index (χ0v) is 10.8. The first kappa shape index (κ1) is 14.6. The summed E-state index contributed by atoms with van der Waals surface area (Å²) in [6, 6.07) is 6.07. The lowest BCUT2D eigenvalue weighted by atomic mass is 10.0. The number of hydrogen-bond acceptors (Lipinski definition) is 4. The number of ether oxygens (including phenoxy) is 2. The van der Waals surface area contributed by atoms with Crippen molar-refractivity contribution in [1.29, 1.82) is 0 Å². The molecule has 0 bridgehead atoms. The fraction of sp³-hybridized carbons (Fsp3) is 0.462. The average molecular weight is 255 g/mol. The lowest BCUT2D eigenvalue weighted by Crippen LogP contribution is -2.53. The predicted octanol–water partition coefficient (Wildman–Crippen LogP) is 1.49. The first-order valence-corrected chi connectivity index (χ1v) is 5.58. The number of carbonyl (C=O) groups excluding carboxylic acids is 1. The molecule has 0 heterocycles. The minimum atomic E-state index is -0.919. The maximum atomic E-state index is 12.7. The molecule has 1 atom stereocenters. The minimum Gasteiger partial charge on any atom is -0.468 e. The highest BCUT2D eigenvalue weighted by Gasteiger charge is 2.33. The van der Waals surface area contributed by atoms with Crippen LogP contribution in [0.5, 0.6) is 0 Å². The van der Waals surface area contributed by atoms with Crippen molar-refractivity contribution in [3.05, 3.63) is 35.6 Å². The largest absolute Gasteiger partial charge is 0.468 e. The molecule has 1 rings (SSSR count). The monoisotopic (exact) mass is 255 g/mol. The summed E-state index contributed by atoms with van der Waals surface area (Å²) in [7, 11) is 2.84. The first-order valence-electron chi connectivity index (χ1n) is 5.58. The van der Waals surface area contributed by atoms with E-state index in [2.05, 4.69) is 5.32 Å². The van der Waals surface area contributed by atoms with Gasteiger partial charge in [-0.15, -0.1) is 0 Å². The zero-order valence-electron chi connectivity index (χ0n) is 10.8. The van der Waals surface area contributed by atoms with E-state index in [1.54, 1.807) is 19.1 Å². The van der Waals surface area contributed by atoms with E-state index in [1.165, 1.54) is 26.4 Å². The highest BCUT2D eigenvalue weighted by molar-refractivity contribution is 5.80. The molecule has 5 heteroatoms. The van der Waals surface area contributed by atoms with Gasteiger partial charge in [-0.3, -0.25) is 5.32 Å². The lowest BCUT2D eigenvalue weighted by Gasteiger charge is -2.27.